The molecule has 90 valence electrons. The van der Waals surface area contributed by atoms with Crippen molar-refractivity contribution < 1.29 is 9.52 Å². The third kappa shape index (κ3) is 1.78. The maximum Gasteiger partial charge on any atom is 0.192 e. The van der Waals surface area contributed by atoms with Crippen LogP contribution >= 0.6 is 0 Å². The Hall–Kier alpha value is -1.55. The van der Waals surface area contributed by atoms with Crippen LogP contribution in [0.15, 0.2) is 10.5 Å². The highest BCUT2D eigenvalue weighted by molar-refractivity contribution is 5.58. The highest BCUT2D eigenvalue weighted by Gasteiger charge is 2.21. The largest absolute Gasteiger partial charge is 0.439 e. The van der Waals surface area contributed by atoms with E-state index in [2.05, 4.69) is 16.0 Å². The fourth-order valence-corrected chi connectivity index (χ4v) is 2.51. The predicted molar refractivity (Wildman–Crippen MR) is 63.8 cm³/mol. The fraction of sp³-hybridized carbons (Fsp3) is 0.462. The molecule has 2 aromatic heterocycles. The van der Waals surface area contributed by atoms with Gasteiger partial charge in [0.2, 0.25) is 0 Å². The number of rotatable bonds is 1. The molecule has 17 heavy (non-hydrogen) atoms. The molecule has 1 atom stereocenters. The van der Waals surface area contributed by atoms with Crippen LogP contribution in [0.4, 0.5) is 0 Å². The fourth-order valence-electron chi connectivity index (χ4n) is 2.51. The number of hydrogen-bond acceptors (Lipinski definition) is 3. The lowest BCUT2D eigenvalue weighted by atomic mass is 9.96. The van der Waals surface area contributed by atoms with Gasteiger partial charge in [-0.3, -0.25) is 0 Å². The van der Waals surface area contributed by atoms with Crippen LogP contribution in [0.3, 0.4) is 0 Å². The standard InChI is InChI=1S/C13H16N2O2/c1-7-13(17-8(2)14-7)12-5-9-3-4-10(16)6-11(9)15-12/h5,10,15-16H,3-4,6H2,1-2H3. The van der Waals surface area contributed by atoms with Crippen LogP contribution in [-0.4, -0.2) is 21.2 Å². The molecule has 0 saturated heterocycles. The van der Waals surface area contributed by atoms with Gasteiger partial charge in [0.15, 0.2) is 11.7 Å². The molecule has 0 aromatic carbocycles. The molecule has 3 rings (SSSR count). The highest BCUT2D eigenvalue weighted by atomic mass is 16.4. The number of aromatic amines is 1. The Kier molecular flexibility index (Phi) is 2.33. The van der Waals surface area contributed by atoms with Crippen molar-refractivity contribution in [2.24, 2.45) is 0 Å². The third-order valence-electron chi connectivity index (χ3n) is 3.33. The molecule has 2 N–H and O–H groups in total. The number of aliphatic hydroxyl groups excluding tert-OH is 1. The number of aromatic nitrogens is 2. The van der Waals surface area contributed by atoms with Crippen molar-refractivity contribution in [3.8, 4) is 11.5 Å². The van der Waals surface area contributed by atoms with Crippen molar-refractivity contribution in [3.05, 3.63) is 28.9 Å². The minimum absolute atomic E-state index is 0.216. The van der Waals surface area contributed by atoms with Gasteiger partial charge in [-0.25, -0.2) is 4.98 Å². The lowest BCUT2D eigenvalue weighted by Crippen LogP contribution is -2.17. The average molecular weight is 232 g/mol. The lowest BCUT2D eigenvalue weighted by molar-refractivity contribution is 0.157. The van der Waals surface area contributed by atoms with Crippen molar-refractivity contribution in [1.82, 2.24) is 9.97 Å². The van der Waals surface area contributed by atoms with Crippen molar-refractivity contribution in [2.45, 2.75) is 39.2 Å². The van der Waals surface area contributed by atoms with Crippen LogP contribution in [0.25, 0.3) is 11.5 Å². The van der Waals surface area contributed by atoms with E-state index in [1.54, 1.807) is 0 Å². The van der Waals surface area contributed by atoms with Crippen LogP contribution < -0.4 is 0 Å². The molecule has 4 heteroatoms. The minimum atomic E-state index is -0.216. The van der Waals surface area contributed by atoms with Crippen molar-refractivity contribution >= 4 is 0 Å². The van der Waals surface area contributed by atoms with Gasteiger partial charge in [-0.05, 0) is 31.4 Å². The molecule has 0 fully saturated rings. The molecule has 0 aliphatic heterocycles. The summed E-state index contributed by atoms with van der Waals surface area (Å²) in [7, 11) is 0. The predicted octanol–water partition coefficient (Wildman–Crippen LogP) is 2.14. The molecule has 0 saturated carbocycles. The van der Waals surface area contributed by atoms with E-state index < -0.39 is 0 Å². The quantitative estimate of drug-likeness (QED) is 0.791. The van der Waals surface area contributed by atoms with Crippen LogP contribution in [0.2, 0.25) is 0 Å². The van der Waals surface area contributed by atoms with Gasteiger partial charge in [-0.15, -0.1) is 0 Å². The molecule has 1 unspecified atom stereocenters. The Balaban J connectivity index is 2.02. The molecule has 1 aliphatic rings. The van der Waals surface area contributed by atoms with Crippen molar-refractivity contribution in [1.29, 1.82) is 0 Å². The maximum atomic E-state index is 9.64. The molecule has 0 amide bonds. The number of aliphatic hydroxyl groups is 1. The monoisotopic (exact) mass is 232 g/mol. The van der Waals surface area contributed by atoms with E-state index in [4.69, 9.17) is 4.42 Å². The summed E-state index contributed by atoms with van der Waals surface area (Å²) in [4.78, 5) is 7.61. The molecule has 0 spiro atoms. The van der Waals surface area contributed by atoms with Gasteiger partial charge in [0.25, 0.3) is 0 Å². The summed E-state index contributed by atoms with van der Waals surface area (Å²) in [6.07, 6.45) is 2.27. The molecule has 2 heterocycles. The van der Waals surface area contributed by atoms with Crippen molar-refractivity contribution in [3.63, 3.8) is 0 Å². The third-order valence-corrected chi connectivity index (χ3v) is 3.33. The number of oxazole rings is 1. The molecule has 1 aliphatic carbocycles. The van der Waals surface area contributed by atoms with Gasteiger partial charge in [-0.2, -0.15) is 0 Å². The SMILES string of the molecule is Cc1nc(C)c(-c2cc3c([nH]2)CC(O)CC3)o1. The molecule has 2 aromatic rings. The van der Waals surface area contributed by atoms with E-state index in [0.717, 1.165) is 35.7 Å². The van der Waals surface area contributed by atoms with Gasteiger partial charge < -0.3 is 14.5 Å². The zero-order valence-corrected chi connectivity index (χ0v) is 10.1. The van der Waals surface area contributed by atoms with E-state index >= 15 is 0 Å². The molecular weight excluding hydrogens is 216 g/mol. The molecule has 4 nitrogen and oxygen atoms in total. The van der Waals surface area contributed by atoms with Crippen LogP contribution in [0.5, 0.6) is 0 Å². The lowest BCUT2D eigenvalue weighted by Gasteiger charge is -2.16. The number of nitrogens with zero attached hydrogens (tertiary/aromatic N) is 1. The number of H-pyrrole nitrogens is 1. The van der Waals surface area contributed by atoms with E-state index in [1.807, 2.05) is 13.8 Å². The number of nitrogens with one attached hydrogen (secondary N) is 1. The first-order valence-corrected chi connectivity index (χ1v) is 5.96. The number of aryl methyl sites for hydroxylation is 3. The van der Waals surface area contributed by atoms with E-state index in [-0.39, 0.29) is 6.10 Å². The Morgan fingerprint density at radius 3 is 3.00 bits per heavy atom. The van der Waals surface area contributed by atoms with Crippen molar-refractivity contribution in [2.75, 3.05) is 0 Å². The van der Waals surface area contributed by atoms with E-state index in [9.17, 15) is 5.11 Å². The van der Waals surface area contributed by atoms with Crippen LogP contribution in [0.1, 0.15) is 29.3 Å². The Bertz CT molecular complexity index is 554. The van der Waals surface area contributed by atoms with E-state index in [0.29, 0.717) is 12.3 Å². The highest BCUT2D eigenvalue weighted by Crippen LogP contribution is 2.29. The zero-order chi connectivity index (χ0) is 12.0. The van der Waals surface area contributed by atoms with Gasteiger partial charge in [0.1, 0.15) is 0 Å². The Morgan fingerprint density at radius 2 is 2.29 bits per heavy atom. The first kappa shape index (κ1) is 10.6. The van der Waals surface area contributed by atoms with E-state index in [1.165, 1.54) is 5.56 Å². The summed E-state index contributed by atoms with van der Waals surface area (Å²) in [5, 5.41) is 9.64. The molecule has 0 bridgehead atoms. The van der Waals surface area contributed by atoms with Gasteiger partial charge >= 0.3 is 0 Å². The summed E-state index contributed by atoms with van der Waals surface area (Å²) in [6, 6.07) is 2.12. The summed E-state index contributed by atoms with van der Waals surface area (Å²) in [6.45, 7) is 3.80. The van der Waals surface area contributed by atoms with Crippen LogP contribution in [-0.2, 0) is 12.8 Å². The van der Waals surface area contributed by atoms with Gasteiger partial charge in [-0.1, -0.05) is 0 Å². The minimum Gasteiger partial charge on any atom is -0.439 e. The Morgan fingerprint density at radius 1 is 1.47 bits per heavy atom. The normalized spacial score (nSPS) is 19.4. The van der Waals surface area contributed by atoms with Gasteiger partial charge in [0.05, 0.1) is 17.5 Å². The Labute approximate surface area is 99.7 Å². The smallest absolute Gasteiger partial charge is 0.192 e. The first-order valence-electron chi connectivity index (χ1n) is 5.96. The molecule has 0 radical (unpaired) electrons. The van der Waals surface area contributed by atoms with Gasteiger partial charge in [0, 0.05) is 19.0 Å². The number of fused-ring (bicyclic) bond motifs is 1. The second-order valence-electron chi connectivity index (χ2n) is 4.73. The molecular formula is C13H16N2O2. The summed E-state index contributed by atoms with van der Waals surface area (Å²) < 4.78 is 5.60. The number of hydrogen-bond donors (Lipinski definition) is 2. The average Bonchev–Trinajstić information content (AvgIpc) is 2.80. The first-order chi connectivity index (χ1) is 8.13. The summed E-state index contributed by atoms with van der Waals surface area (Å²) >= 11 is 0. The maximum absolute atomic E-state index is 9.64. The second kappa shape index (κ2) is 3.74. The summed E-state index contributed by atoms with van der Waals surface area (Å²) in [5.41, 5.74) is 4.30. The summed E-state index contributed by atoms with van der Waals surface area (Å²) in [5.74, 6) is 1.50. The van der Waals surface area contributed by atoms with Crippen LogP contribution in [0, 0.1) is 13.8 Å². The topological polar surface area (TPSA) is 62.0 Å². The second-order valence-corrected chi connectivity index (χ2v) is 4.73. The zero-order valence-electron chi connectivity index (χ0n) is 10.1.